The maximum absolute atomic E-state index is 13.4. The number of para-hydroxylation sites is 1. The van der Waals surface area contributed by atoms with Gasteiger partial charge in [0, 0.05) is 25.2 Å². The molecule has 1 saturated heterocycles. The highest BCUT2D eigenvalue weighted by molar-refractivity contribution is 8.19. The van der Waals surface area contributed by atoms with Gasteiger partial charge < -0.3 is 4.57 Å². The summed E-state index contributed by atoms with van der Waals surface area (Å²) in [6, 6.07) is 12.3. The summed E-state index contributed by atoms with van der Waals surface area (Å²) >= 11 is 6.91. The van der Waals surface area contributed by atoms with Crippen LogP contribution in [0.4, 0.5) is 11.4 Å². The number of hydrazone groups is 1. The van der Waals surface area contributed by atoms with E-state index in [9.17, 15) is 29.3 Å². The lowest BCUT2D eigenvalue weighted by molar-refractivity contribution is -0.385. The second-order valence-corrected chi connectivity index (χ2v) is 10.2. The largest absolute Gasteiger partial charge is 0.332 e. The first-order valence-electron chi connectivity index (χ1n) is 11.8. The van der Waals surface area contributed by atoms with Crippen molar-refractivity contribution >= 4 is 69.0 Å². The Labute approximate surface area is 239 Å². The van der Waals surface area contributed by atoms with E-state index in [2.05, 4.69) is 15.5 Å². The number of nitro benzene ring substituents is 1. The molecule has 16 heteroatoms. The van der Waals surface area contributed by atoms with Crippen molar-refractivity contribution in [1.29, 1.82) is 0 Å². The fraction of sp³-hybridized carbons (Fsp3) is 0.120. The highest BCUT2D eigenvalue weighted by Gasteiger charge is 2.35. The third-order valence-corrected chi connectivity index (χ3v) is 7.34. The van der Waals surface area contributed by atoms with Gasteiger partial charge in [0.25, 0.3) is 23.1 Å². The van der Waals surface area contributed by atoms with Crippen LogP contribution in [0.15, 0.2) is 74.5 Å². The number of thioether (sulfide) groups is 1. The summed E-state index contributed by atoms with van der Waals surface area (Å²) in [5.74, 6) is -1.17. The van der Waals surface area contributed by atoms with Crippen LogP contribution in [0.1, 0.15) is 5.56 Å². The molecule has 0 bridgehead atoms. The quantitative estimate of drug-likeness (QED) is 0.201. The second kappa shape index (κ2) is 10.9. The number of amides is 2. The summed E-state index contributed by atoms with van der Waals surface area (Å²) in [7, 11) is 2.78. The van der Waals surface area contributed by atoms with Gasteiger partial charge in [-0.25, -0.2) is 15.2 Å². The zero-order valence-electron chi connectivity index (χ0n) is 21.3. The summed E-state index contributed by atoms with van der Waals surface area (Å²) in [4.78, 5) is 67.5. The number of halogens is 1. The van der Waals surface area contributed by atoms with Gasteiger partial charge in [-0.1, -0.05) is 23.7 Å². The van der Waals surface area contributed by atoms with Gasteiger partial charge >= 0.3 is 5.69 Å². The highest BCUT2D eigenvalue weighted by Crippen LogP contribution is 2.37. The number of carbonyl (C=O) groups excluding carboxylic acids is 2. The molecule has 2 amide bonds. The van der Waals surface area contributed by atoms with Gasteiger partial charge in [0.15, 0.2) is 16.3 Å². The van der Waals surface area contributed by atoms with Crippen molar-refractivity contribution in [3.05, 3.63) is 101 Å². The predicted molar refractivity (Wildman–Crippen MR) is 153 cm³/mol. The van der Waals surface area contributed by atoms with Gasteiger partial charge in [-0.05, 0) is 48.2 Å². The topological polar surface area (TPSA) is 167 Å². The fourth-order valence-electron chi connectivity index (χ4n) is 4.10. The summed E-state index contributed by atoms with van der Waals surface area (Å²) in [5, 5.41) is 16.1. The average molecular weight is 595 g/mol. The third-order valence-electron chi connectivity index (χ3n) is 6.12. The molecule has 0 saturated carbocycles. The van der Waals surface area contributed by atoms with Crippen LogP contribution in [-0.2, 0) is 30.2 Å². The zero-order chi connectivity index (χ0) is 29.4. The maximum atomic E-state index is 13.4. The van der Waals surface area contributed by atoms with E-state index in [0.29, 0.717) is 10.7 Å². The predicted octanol–water partition coefficient (Wildman–Crippen LogP) is 2.20. The molecule has 41 heavy (non-hydrogen) atoms. The molecular weight excluding hydrogens is 576 g/mol. The van der Waals surface area contributed by atoms with Crippen LogP contribution in [-0.4, -0.2) is 40.6 Å². The highest BCUT2D eigenvalue weighted by atomic mass is 35.5. The number of anilines is 1. The Kier molecular flexibility index (Phi) is 7.30. The number of fused-ring (bicyclic) bond motifs is 1. The van der Waals surface area contributed by atoms with E-state index in [-0.39, 0.29) is 39.0 Å². The Bertz CT molecular complexity index is 1920. The molecule has 14 nitrogen and oxygen atoms in total. The van der Waals surface area contributed by atoms with Gasteiger partial charge in [-0.15, -0.1) is 5.10 Å². The second-order valence-electron chi connectivity index (χ2n) is 8.72. The molecule has 1 aliphatic rings. The number of nitrogens with one attached hydrogen (secondary N) is 1. The van der Waals surface area contributed by atoms with Gasteiger partial charge in [-0.3, -0.25) is 38.5 Å². The first-order chi connectivity index (χ1) is 19.6. The molecule has 0 unspecified atom stereocenters. The lowest BCUT2D eigenvalue weighted by atomic mass is 10.1. The molecule has 1 fully saturated rings. The van der Waals surface area contributed by atoms with E-state index in [0.717, 1.165) is 16.3 Å². The number of imidazole rings is 1. The Hall–Kier alpha value is -5.02. The molecular formula is C25H19ClN8O6S. The van der Waals surface area contributed by atoms with E-state index in [1.807, 2.05) is 0 Å². The number of aromatic nitrogens is 4. The van der Waals surface area contributed by atoms with E-state index >= 15 is 0 Å². The fourth-order valence-corrected chi connectivity index (χ4v) is 5.16. The molecule has 0 atom stereocenters. The summed E-state index contributed by atoms with van der Waals surface area (Å²) < 4.78 is 3.39. The maximum Gasteiger partial charge on any atom is 0.332 e. The van der Waals surface area contributed by atoms with Crippen molar-refractivity contribution in [2.24, 2.45) is 19.2 Å². The molecule has 3 heterocycles. The van der Waals surface area contributed by atoms with Gasteiger partial charge in [0.05, 0.1) is 27.4 Å². The molecule has 0 radical (unpaired) electrons. The summed E-state index contributed by atoms with van der Waals surface area (Å²) in [6.45, 7) is -0.362. The first kappa shape index (κ1) is 27.5. The Balaban J connectivity index is 1.47. The Morgan fingerprint density at radius 2 is 1.83 bits per heavy atom. The lowest BCUT2D eigenvalue weighted by Gasteiger charge is -2.15. The monoisotopic (exact) mass is 594 g/mol. The van der Waals surface area contributed by atoms with Gasteiger partial charge in [0.1, 0.15) is 6.54 Å². The van der Waals surface area contributed by atoms with E-state index in [4.69, 9.17) is 11.6 Å². The van der Waals surface area contributed by atoms with Crippen LogP contribution in [0.2, 0.25) is 5.02 Å². The molecule has 1 aliphatic heterocycles. The summed E-state index contributed by atoms with van der Waals surface area (Å²) in [5.41, 5.74) is 1.82. The van der Waals surface area contributed by atoms with Gasteiger partial charge in [0.2, 0.25) is 0 Å². The number of hydrogen-bond acceptors (Lipinski definition) is 9. The van der Waals surface area contributed by atoms with Crippen LogP contribution < -0.4 is 21.6 Å². The number of nitrogens with zero attached hydrogens (tertiary/aromatic N) is 7. The molecule has 0 spiro atoms. The minimum atomic E-state index is -0.645. The van der Waals surface area contributed by atoms with Gasteiger partial charge in [-0.2, -0.15) is 0 Å². The van der Waals surface area contributed by atoms with Crippen LogP contribution in [0.5, 0.6) is 0 Å². The molecule has 208 valence electrons. The molecule has 4 aromatic rings. The minimum Gasteiger partial charge on any atom is -0.315 e. The zero-order valence-corrected chi connectivity index (χ0v) is 22.9. The van der Waals surface area contributed by atoms with Crippen LogP contribution in [0.25, 0.3) is 17.2 Å². The molecule has 2 aromatic carbocycles. The van der Waals surface area contributed by atoms with E-state index < -0.39 is 28.0 Å². The molecule has 5 rings (SSSR count). The van der Waals surface area contributed by atoms with E-state index in [1.54, 1.807) is 30.3 Å². The molecule has 1 N–H and O–H groups in total. The number of benzene rings is 2. The van der Waals surface area contributed by atoms with Crippen molar-refractivity contribution in [3.63, 3.8) is 0 Å². The smallest absolute Gasteiger partial charge is 0.315 e. The number of aryl methyl sites for hydroxylation is 1. The number of carbonyl (C=O) groups is 2. The number of amidine groups is 1. The lowest BCUT2D eigenvalue weighted by Crippen LogP contribution is -2.38. The summed E-state index contributed by atoms with van der Waals surface area (Å²) in [6.07, 6.45) is 2.65. The Morgan fingerprint density at radius 3 is 2.54 bits per heavy atom. The van der Waals surface area contributed by atoms with Crippen LogP contribution >= 0.6 is 23.4 Å². The van der Waals surface area contributed by atoms with Crippen molar-refractivity contribution in [2.75, 3.05) is 4.90 Å². The number of nitro groups is 1. The molecule has 0 aliphatic carbocycles. The van der Waals surface area contributed by atoms with Crippen LogP contribution in [0.3, 0.4) is 0 Å². The molecule has 2 aromatic heterocycles. The van der Waals surface area contributed by atoms with Crippen LogP contribution in [0, 0.1) is 10.1 Å². The Morgan fingerprint density at radius 1 is 1.12 bits per heavy atom. The van der Waals surface area contributed by atoms with Crippen molar-refractivity contribution in [2.45, 2.75) is 6.54 Å². The standard InChI is InChI=1S/C25H19ClN8O6S/c1-30-21-20(23(37)31(2)25(30)38)32(13-27-21)12-19(35)28-29-24-33(16-9-7-15(26)8-10-16)22(36)18(41-24)11-14-5-3-4-6-17(14)34(39)40/h3-11,13H,12H2,1-2H3,(H,28,35)/b18-11+,29-24+. The van der Waals surface area contributed by atoms with E-state index in [1.165, 1.54) is 58.7 Å². The number of rotatable bonds is 6. The minimum absolute atomic E-state index is 0.0558. The number of hydrogen-bond donors (Lipinski definition) is 1. The average Bonchev–Trinajstić information content (AvgIpc) is 3.51. The first-order valence-corrected chi connectivity index (χ1v) is 13.0. The third kappa shape index (κ3) is 5.15. The SMILES string of the molecule is Cn1c(=O)c2c(ncn2CC(=O)N/N=C2/S/C(=C/c3ccccc3[N+](=O)[O-])C(=O)N2c2ccc(Cl)cc2)n(C)c1=O. The van der Waals surface area contributed by atoms with Crippen molar-refractivity contribution < 1.29 is 14.5 Å². The normalized spacial score (nSPS) is 15.3. The van der Waals surface area contributed by atoms with Crippen molar-refractivity contribution in [3.8, 4) is 0 Å². The van der Waals surface area contributed by atoms with Crippen molar-refractivity contribution in [1.82, 2.24) is 24.1 Å².